The molecule has 0 fully saturated rings. The zero-order chi connectivity index (χ0) is 10.3. The molecule has 5 nitrogen and oxygen atoms in total. The van der Waals surface area contributed by atoms with Crippen LogP contribution >= 0.6 is 0 Å². The molecule has 1 unspecified atom stereocenters. The topological polar surface area (TPSA) is 84.2 Å². The first-order valence-corrected chi connectivity index (χ1v) is 4.36. The second-order valence-corrected chi connectivity index (χ2v) is 2.86. The summed E-state index contributed by atoms with van der Waals surface area (Å²) in [4.78, 5) is 21.7. The highest BCUT2D eigenvalue weighted by Gasteiger charge is 2.05. The van der Waals surface area contributed by atoms with Crippen LogP contribution in [0, 0.1) is 0 Å². The van der Waals surface area contributed by atoms with Gasteiger partial charge in [0.05, 0.1) is 13.1 Å². The number of rotatable bonds is 5. The lowest BCUT2D eigenvalue weighted by molar-refractivity contribution is -0.125. The molecule has 76 valence electrons. The van der Waals surface area contributed by atoms with Crippen molar-refractivity contribution < 1.29 is 9.59 Å². The molecule has 1 atom stereocenters. The molecule has 2 amide bonds. The van der Waals surface area contributed by atoms with Crippen molar-refractivity contribution in [1.29, 1.82) is 0 Å². The molecule has 0 bridgehead atoms. The average Bonchev–Trinajstić information content (AvgIpc) is 2.13. The molecule has 0 saturated heterocycles. The molecule has 4 N–H and O–H groups in total. The van der Waals surface area contributed by atoms with E-state index in [0.29, 0.717) is 0 Å². The Bertz CT molecular complexity index is 182. The molecule has 0 aromatic rings. The van der Waals surface area contributed by atoms with Crippen LogP contribution in [0.4, 0.5) is 0 Å². The van der Waals surface area contributed by atoms with E-state index in [0.717, 1.165) is 6.42 Å². The van der Waals surface area contributed by atoms with E-state index < -0.39 is 0 Å². The van der Waals surface area contributed by atoms with Gasteiger partial charge in [-0.15, -0.1) is 0 Å². The molecule has 0 aliphatic heterocycles. The van der Waals surface area contributed by atoms with Crippen molar-refractivity contribution in [3.05, 3.63) is 0 Å². The number of carbonyl (C=O) groups excluding carboxylic acids is 2. The SMILES string of the molecule is CCC(C)NC(=O)CNC(=O)CN. The Balaban J connectivity index is 3.57. The fraction of sp³-hybridized carbons (Fsp3) is 0.750. The van der Waals surface area contributed by atoms with E-state index in [1.807, 2.05) is 13.8 Å². The first kappa shape index (κ1) is 11.9. The first-order chi connectivity index (χ1) is 6.10. The standard InChI is InChI=1S/C8H17N3O2/c1-3-6(2)11-8(13)5-10-7(12)4-9/h6H,3-5,9H2,1-2H3,(H,10,12)(H,11,13). The number of nitrogens with two attached hydrogens (primary N) is 1. The molecule has 0 saturated carbocycles. The van der Waals surface area contributed by atoms with Crippen LogP contribution in [0.15, 0.2) is 0 Å². The molecular weight excluding hydrogens is 170 g/mol. The third kappa shape index (κ3) is 6.10. The monoisotopic (exact) mass is 187 g/mol. The molecule has 5 heteroatoms. The summed E-state index contributed by atoms with van der Waals surface area (Å²) in [5.74, 6) is -0.504. The molecule has 0 spiro atoms. The Morgan fingerprint density at radius 1 is 1.38 bits per heavy atom. The number of hydrogen-bond donors (Lipinski definition) is 3. The summed E-state index contributed by atoms with van der Waals surface area (Å²) in [7, 11) is 0. The highest BCUT2D eigenvalue weighted by Crippen LogP contribution is 1.86. The molecule has 0 heterocycles. The van der Waals surface area contributed by atoms with Crippen molar-refractivity contribution >= 4 is 11.8 Å². The molecule has 0 aromatic heterocycles. The van der Waals surface area contributed by atoms with Crippen molar-refractivity contribution in [2.75, 3.05) is 13.1 Å². The Morgan fingerprint density at radius 3 is 2.46 bits per heavy atom. The number of amides is 2. The summed E-state index contributed by atoms with van der Waals surface area (Å²) < 4.78 is 0. The Kier molecular flexibility index (Phi) is 5.88. The van der Waals surface area contributed by atoms with Gasteiger partial charge in [0.25, 0.3) is 0 Å². The Labute approximate surface area is 78.1 Å². The average molecular weight is 187 g/mol. The van der Waals surface area contributed by atoms with Gasteiger partial charge in [-0.1, -0.05) is 6.92 Å². The van der Waals surface area contributed by atoms with E-state index >= 15 is 0 Å². The quantitative estimate of drug-likeness (QED) is 0.515. The van der Waals surface area contributed by atoms with E-state index in [1.165, 1.54) is 0 Å². The van der Waals surface area contributed by atoms with Crippen molar-refractivity contribution in [3.8, 4) is 0 Å². The molecule has 0 aliphatic carbocycles. The molecule has 0 rings (SSSR count). The minimum absolute atomic E-state index is 0.000370. The van der Waals surface area contributed by atoms with Gasteiger partial charge in [-0.3, -0.25) is 9.59 Å². The summed E-state index contributed by atoms with van der Waals surface area (Å²) in [5, 5.41) is 5.10. The predicted molar refractivity (Wildman–Crippen MR) is 50.0 cm³/mol. The fourth-order valence-electron chi connectivity index (χ4n) is 0.679. The summed E-state index contributed by atoms with van der Waals surface area (Å²) in [6.45, 7) is 3.79. The lowest BCUT2D eigenvalue weighted by Gasteiger charge is -2.11. The fourth-order valence-corrected chi connectivity index (χ4v) is 0.679. The van der Waals surface area contributed by atoms with Crippen LogP contribution in [-0.4, -0.2) is 30.9 Å². The van der Waals surface area contributed by atoms with Crippen molar-refractivity contribution in [2.45, 2.75) is 26.3 Å². The molecule has 0 radical (unpaired) electrons. The Hall–Kier alpha value is -1.10. The van der Waals surface area contributed by atoms with Crippen molar-refractivity contribution in [1.82, 2.24) is 10.6 Å². The lowest BCUT2D eigenvalue weighted by Crippen LogP contribution is -2.42. The van der Waals surface area contributed by atoms with Gasteiger partial charge in [-0.05, 0) is 13.3 Å². The zero-order valence-corrected chi connectivity index (χ0v) is 8.09. The van der Waals surface area contributed by atoms with Crippen molar-refractivity contribution in [3.63, 3.8) is 0 Å². The maximum Gasteiger partial charge on any atom is 0.239 e. The molecule has 0 aliphatic rings. The highest BCUT2D eigenvalue weighted by molar-refractivity contribution is 5.85. The highest BCUT2D eigenvalue weighted by atomic mass is 16.2. The van der Waals surface area contributed by atoms with E-state index in [2.05, 4.69) is 10.6 Å². The van der Waals surface area contributed by atoms with Crippen molar-refractivity contribution in [2.24, 2.45) is 5.73 Å². The molecular formula is C8H17N3O2. The van der Waals surface area contributed by atoms with Gasteiger partial charge in [-0.25, -0.2) is 0 Å². The minimum Gasteiger partial charge on any atom is -0.352 e. The third-order valence-electron chi connectivity index (χ3n) is 1.65. The van der Waals surface area contributed by atoms with Gasteiger partial charge in [0.15, 0.2) is 0 Å². The summed E-state index contributed by atoms with van der Waals surface area (Å²) >= 11 is 0. The summed E-state index contributed by atoms with van der Waals surface area (Å²) in [6, 6.07) is 0.141. The molecule has 0 aromatic carbocycles. The minimum atomic E-state index is -0.320. The van der Waals surface area contributed by atoms with Crippen LogP contribution in [0.25, 0.3) is 0 Å². The van der Waals surface area contributed by atoms with Gasteiger partial charge in [-0.2, -0.15) is 0 Å². The van der Waals surface area contributed by atoms with Crippen LogP contribution in [0.5, 0.6) is 0 Å². The van der Waals surface area contributed by atoms with Crippen LogP contribution in [-0.2, 0) is 9.59 Å². The summed E-state index contributed by atoms with van der Waals surface area (Å²) in [6.07, 6.45) is 0.872. The molecule has 13 heavy (non-hydrogen) atoms. The van der Waals surface area contributed by atoms with Crippen LogP contribution in [0.2, 0.25) is 0 Å². The zero-order valence-electron chi connectivity index (χ0n) is 8.09. The van der Waals surface area contributed by atoms with Crippen LogP contribution in [0.1, 0.15) is 20.3 Å². The normalized spacial score (nSPS) is 11.9. The van der Waals surface area contributed by atoms with Gasteiger partial charge in [0.1, 0.15) is 0 Å². The van der Waals surface area contributed by atoms with E-state index in [4.69, 9.17) is 5.73 Å². The van der Waals surface area contributed by atoms with Crippen LogP contribution in [0.3, 0.4) is 0 Å². The summed E-state index contributed by atoms with van der Waals surface area (Å²) in [5.41, 5.74) is 5.04. The van der Waals surface area contributed by atoms with Gasteiger partial charge in [0, 0.05) is 6.04 Å². The van der Waals surface area contributed by atoms with Gasteiger partial charge >= 0.3 is 0 Å². The maximum absolute atomic E-state index is 11.1. The smallest absolute Gasteiger partial charge is 0.239 e. The van der Waals surface area contributed by atoms with E-state index in [-0.39, 0.29) is 30.9 Å². The Morgan fingerprint density at radius 2 is 2.00 bits per heavy atom. The van der Waals surface area contributed by atoms with Gasteiger partial charge in [0.2, 0.25) is 11.8 Å². The van der Waals surface area contributed by atoms with Gasteiger partial charge < -0.3 is 16.4 Å². The maximum atomic E-state index is 11.1. The third-order valence-corrected chi connectivity index (χ3v) is 1.65. The first-order valence-electron chi connectivity index (χ1n) is 4.36. The number of carbonyl (C=O) groups is 2. The van der Waals surface area contributed by atoms with E-state index in [1.54, 1.807) is 0 Å². The lowest BCUT2D eigenvalue weighted by atomic mass is 10.2. The van der Waals surface area contributed by atoms with E-state index in [9.17, 15) is 9.59 Å². The number of nitrogens with one attached hydrogen (secondary N) is 2. The largest absolute Gasteiger partial charge is 0.352 e. The second kappa shape index (κ2) is 6.42. The number of hydrogen-bond acceptors (Lipinski definition) is 3. The van der Waals surface area contributed by atoms with Crippen LogP contribution < -0.4 is 16.4 Å². The predicted octanol–water partition coefficient (Wildman–Crippen LogP) is -1.02. The second-order valence-electron chi connectivity index (χ2n) is 2.86.